The Morgan fingerprint density at radius 3 is 2.32 bits per heavy atom. The van der Waals surface area contributed by atoms with E-state index in [2.05, 4.69) is 5.32 Å². The predicted octanol–water partition coefficient (Wildman–Crippen LogP) is 2.36. The molecule has 0 fully saturated rings. The number of benzene rings is 2. The van der Waals surface area contributed by atoms with Crippen LogP contribution in [0, 0.1) is 17.5 Å². The van der Waals surface area contributed by atoms with E-state index in [1.807, 2.05) is 5.32 Å². The molecule has 4 nitrogen and oxygen atoms in total. The van der Waals surface area contributed by atoms with Crippen LogP contribution >= 0.6 is 0 Å². The van der Waals surface area contributed by atoms with E-state index in [-0.39, 0.29) is 17.8 Å². The lowest BCUT2D eigenvalue weighted by Crippen LogP contribution is -2.35. The van der Waals surface area contributed by atoms with Crippen LogP contribution in [0.1, 0.15) is 5.56 Å². The van der Waals surface area contributed by atoms with Crippen LogP contribution in [0.25, 0.3) is 0 Å². The molecule has 0 atom stereocenters. The van der Waals surface area contributed by atoms with Crippen LogP contribution in [0.2, 0.25) is 0 Å². The third-order valence-electron chi connectivity index (χ3n) is 2.78. The van der Waals surface area contributed by atoms with Crippen LogP contribution in [0.15, 0.2) is 42.5 Å². The largest absolute Gasteiger partial charge is 0.344 e. The second-order valence-corrected chi connectivity index (χ2v) is 4.35. The zero-order valence-corrected chi connectivity index (χ0v) is 11.2. The standard InChI is InChI=1S/C15H11F3N2O2/c16-10-5-6-13(12(18)7-10)20-15(22)14(21)19-8-9-3-1-2-4-11(9)17/h1-7H,8H2,(H,19,21)(H,20,22). The third kappa shape index (κ3) is 3.85. The first-order valence-electron chi connectivity index (χ1n) is 6.25. The molecule has 22 heavy (non-hydrogen) atoms. The average Bonchev–Trinajstić information content (AvgIpc) is 2.49. The molecule has 0 aromatic heterocycles. The predicted molar refractivity (Wildman–Crippen MR) is 73.2 cm³/mol. The van der Waals surface area contributed by atoms with E-state index in [4.69, 9.17) is 0 Å². The summed E-state index contributed by atoms with van der Waals surface area (Å²) >= 11 is 0. The molecule has 0 spiro atoms. The summed E-state index contributed by atoms with van der Waals surface area (Å²) < 4.78 is 39.4. The molecule has 114 valence electrons. The van der Waals surface area contributed by atoms with Crippen LogP contribution < -0.4 is 10.6 Å². The number of anilines is 1. The van der Waals surface area contributed by atoms with Crippen molar-refractivity contribution in [2.75, 3.05) is 5.32 Å². The fourth-order valence-electron chi connectivity index (χ4n) is 1.67. The Morgan fingerprint density at radius 1 is 0.909 bits per heavy atom. The van der Waals surface area contributed by atoms with Gasteiger partial charge in [0.1, 0.15) is 17.5 Å². The maximum atomic E-state index is 13.3. The quantitative estimate of drug-likeness (QED) is 0.855. The van der Waals surface area contributed by atoms with Crippen LogP contribution in [-0.4, -0.2) is 11.8 Å². The molecule has 0 bridgehead atoms. The highest BCUT2D eigenvalue weighted by Crippen LogP contribution is 2.14. The Morgan fingerprint density at radius 2 is 1.64 bits per heavy atom. The van der Waals surface area contributed by atoms with Gasteiger partial charge in [0.2, 0.25) is 0 Å². The van der Waals surface area contributed by atoms with Crippen molar-refractivity contribution in [3.8, 4) is 0 Å². The first kappa shape index (κ1) is 15.6. The fourth-order valence-corrected chi connectivity index (χ4v) is 1.67. The highest BCUT2D eigenvalue weighted by atomic mass is 19.1. The lowest BCUT2D eigenvalue weighted by Gasteiger charge is -2.08. The lowest BCUT2D eigenvalue weighted by atomic mass is 10.2. The molecular weight excluding hydrogens is 297 g/mol. The van der Waals surface area contributed by atoms with E-state index in [1.54, 1.807) is 6.07 Å². The van der Waals surface area contributed by atoms with Crippen molar-refractivity contribution >= 4 is 17.5 Å². The molecular formula is C15H11F3N2O2. The molecule has 2 N–H and O–H groups in total. The summed E-state index contributed by atoms with van der Waals surface area (Å²) in [6.45, 7) is -0.190. The molecule has 0 aliphatic heterocycles. The molecule has 2 amide bonds. The van der Waals surface area contributed by atoms with E-state index in [0.717, 1.165) is 12.1 Å². The van der Waals surface area contributed by atoms with E-state index in [0.29, 0.717) is 6.07 Å². The van der Waals surface area contributed by atoms with E-state index in [9.17, 15) is 22.8 Å². The van der Waals surface area contributed by atoms with Gasteiger partial charge in [-0.15, -0.1) is 0 Å². The molecule has 0 heterocycles. The van der Waals surface area contributed by atoms with Crippen molar-refractivity contribution < 1.29 is 22.8 Å². The number of nitrogens with one attached hydrogen (secondary N) is 2. The van der Waals surface area contributed by atoms with E-state index < -0.39 is 29.3 Å². The number of halogens is 3. The number of hydrogen-bond donors (Lipinski definition) is 2. The smallest absolute Gasteiger partial charge is 0.313 e. The van der Waals surface area contributed by atoms with Crippen molar-refractivity contribution in [1.82, 2.24) is 5.32 Å². The third-order valence-corrected chi connectivity index (χ3v) is 2.78. The second-order valence-electron chi connectivity index (χ2n) is 4.35. The Bertz CT molecular complexity index is 720. The summed E-state index contributed by atoms with van der Waals surface area (Å²) in [4.78, 5) is 23.1. The molecule has 0 aliphatic carbocycles. The number of rotatable bonds is 3. The lowest BCUT2D eigenvalue weighted by molar-refractivity contribution is -0.136. The minimum Gasteiger partial charge on any atom is -0.344 e. The minimum absolute atomic E-state index is 0.190. The normalized spacial score (nSPS) is 10.1. The van der Waals surface area contributed by atoms with Gasteiger partial charge < -0.3 is 10.6 Å². The summed E-state index contributed by atoms with van der Waals surface area (Å²) in [5.41, 5.74) is -0.121. The molecule has 0 saturated carbocycles. The average molecular weight is 308 g/mol. The van der Waals surface area contributed by atoms with Crippen LogP contribution in [0.5, 0.6) is 0 Å². The first-order valence-corrected chi connectivity index (χ1v) is 6.25. The molecule has 0 aliphatic rings. The number of carbonyl (C=O) groups excluding carboxylic acids is 2. The Balaban J connectivity index is 1.95. The molecule has 2 rings (SSSR count). The fraction of sp³-hybridized carbons (Fsp3) is 0.0667. The van der Waals surface area contributed by atoms with Crippen molar-refractivity contribution in [2.24, 2.45) is 0 Å². The van der Waals surface area contributed by atoms with Crippen LogP contribution in [0.3, 0.4) is 0 Å². The molecule has 0 saturated heterocycles. The summed E-state index contributed by atoms with van der Waals surface area (Å²) in [5.74, 6) is -4.53. The van der Waals surface area contributed by atoms with Crippen molar-refractivity contribution in [3.63, 3.8) is 0 Å². The molecule has 0 radical (unpaired) electrons. The van der Waals surface area contributed by atoms with Crippen LogP contribution in [-0.2, 0) is 16.1 Å². The first-order chi connectivity index (χ1) is 10.5. The molecule has 2 aromatic rings. The Kier molecular flexibility index (Phi) is 4.77. The zero-order chi connectivity index (χ0) is 16.1. The van der Waals surface area contributed by atoms with Gasteiger partial charge in [0.25, 0.3) is 0 Å². The maximum absolute atomic E-state index is 13.3. The summed E-state index contributed by atoms with van der Waals surface area (Å²) in [6, 6.07) is 8.25. The zero-order valence-electron chi connectivity index (χ0n) is 11.2. The van der Waals surface area contributed by atoms with Gasteiger partial charge in [0, 0.05) is 18.2 Å². The topological polar surface area (TPSA) is 58.2 Å². The van der Waals surface area contributed by atoms with E-state index in [1.165, 1.54) is 18.2 Å². The highest BCUT2D eigenvalue weighted by molar-refractivity contribution is 6.39. The summed E-state index contributed by atoms with van der Waals surface area (Å²) in [6.07, 6.45) is 0. The number of hydrogen-bond acceptors (Lipinski definition) is 2. The summed E-state index contributed by atoms with van der Waals surface area (Å²) in [5, 5.41) is 4.20. The SMILES string of the molecule is O=C(NCc1ccccc1F)C(=O)Nc1ccc(F)cc1F. The van der Waals surface area contributed by atoms with Gasteiger partial charge in [0.05, 0.1) is 5.69 Å². The number of amides is 2. The Hall–Kier alpha value is -2.83. The van der Waals surface area contributed by atoms with Gasteiger partial charge in [0.15, 0.2) is 0 Å². The van der Waals surface area contributed by atoms with Crippen LogP contribution in [0.4, 0.5) is 18.9 Å². The van der Waals surface area contributed by atoms with Gasteiger partial charge in [-0.3, -0.25) is 9.59 Å². The van der Waals surface area contributed by atoms with Gasteiger partial charge in [-0.25, -0.2) is 13.2 Å². The maximum Gasteiger partial charge on any atom is 0.313 e. The van der Waals surface area contributed by atoms with Crippen molar-refractivity contribution in [1.29, 1.82) is 0 Å². The molecule has 0 unspecified atom stereocenters. The number of carbonyl (C=O) groups is 2. The van der Waals surface area contributed by atoms with Gasteiger partial charge >= 0.3 is 11.8 Å². The molecule has 7 heteroatoms. The van der Waals surface area contributed by atoms with Crippen molar-refractivity contribution in [2.45, 2.75) is 6.54 Å². The van der Waals surface area contributed by atoms with Gasteiger partial charge in [-0.1, -0.05) is 18.2 Å². The van der Waals surface area contributed by atoms with E-state index >= 15 is 0 Å². The molecule has 2 aromatic carbocycles. The Labute approximate surface area is 124 Å². The highest BCUT2D eigenvalue weighted by Gasteiger charge is 2.16. The summed E-state index contributed by atoms with van der Waals surface area (Å²) in [7, 11) is 0. The van der Waals surface area contributed by atoms with Gasteiger partial charge in [-0.05, 0) is 18.2 Å². The van der Waals surface area contributed by atoms with Crippen molar-refractivity contribution in [3.05, 3.63) is 65.5 Å². The minimum atomic E-state index is -1.14. The monoisotopic (exact) mass is 308 g/mol. The second kappa shape index (κ2) is 6.75. The van der Waals surface area contributed by atoms with Gasteiger partial charge in [-0.2, -0.15) is 0 Å².